The summed E-state index contributed by atoms with van der Waals surface area (Å²) in [6.07, 6.45) is 16.1. The highest BCUT2D eigenvalue weighted by Gasteiger charge is 2.50. The van der Waals surface area contributed by atoms with Crippen LogP contribution in [-0.2, 0) is 0 Å². The van der Waals surface area contributed by atoms with Crippen molar-refractivity contribution < 1.29 is 15.3 Å². The van der Waals surface area contributed by atoms with Crippen LogP contribution in [0.15, 0.2) is 35.5 Å². The van der Waals surface area contributed by atoms with Crippen molar-refractivity contribution in [3.05, 3.63) is 35.5 Å². The van der Waals surface area contributed by atoms with Gasteiger partial charge in [0.2, 0.25) is 0 Å². The lowest BCUT2D eigenvalue weighted by Gasteiger charge is -2.44. The molecule has 3 nitrogen and oxygen atoms in total. The van der Waals surface area contributed by atoms with Crippen molar-refractivity contribution in [2.75, 3.05) is 6.61 Å². The van der Waals surface area contributed by atoms with Crippen LogP contribution in [0.5, 0.6) is 0 Å². The third kappa shape index (κ3) is 5.29. The minimum atomic E-state index is -0.938. The lowest BCUT2D eigenvalue weighted by atomic mass is 9.60. The van der Waals surface area contributed by atoms with E-state index in [9.17, 15) is 15.3 Å². The number of rotatable bonds is 7. The molecule has 170 valence electrons. The third-order valence-corrected chi connectivity index (χ3v) is 8.63. The minimum Gasteiger partial charge on any atom is -0.393 e. The molecule has 0 bridgehead atoms. The van der Waals surface area contributed by atoms with E-state index in [1.54, 1.807) is 12.5 Å². The van der Waals surface area contributed by atoms with Crippen molar-refractivity contribution in [2.45, 2.75) is 103 Å². The summed E-state index contributed by atoms with van der Waals surface area (Å²) in [5.74, 6) is 2.07. The molecule has 0 aromatic rings. The van der Waals surface area contributed by atoms with Crippen LogP contribution in [0.3, 0.4) is 0 Å². The number of fused-ring (bicyclic) bond motifs is 1. The lowest BCUT2D eigenvalue weighted by Crippen LogP contribution is -2.36. The van der Waals surface area contributed by atoms with E-state index in [-0.39, 0.29) is 12.7 Å². The molecule has 0 heterocycles. The van der Waals surface area contributed by atoms with Gasteiger partial charge in [0.05, 0.1) is 18.3 Å². The standard InChI is InChI=1S/C27H44O3/c1-19-9-12-23(29)17-22(19)11-10-21-8-6-16-27(4)24(13-14-25(21)27)20(2)7-5-15-26(3,30)18-28/h10-11,20,23-25,28-30H,1,5-9,12-18H2,2-4H3/b21-10?,22-11-/t20-,23+,24-,25?,26+,27-/m1/s1. The second-order valence-electron chi connectivity index (χ2n) is 11.1. The number of allylic oxidation sites excluding steroid dienone is 4. The molecule has 3 heteroatoms. The number of hydrogen-bond acceptors (Lipinski definition) is 3. The minimum absolute atomic E-state index is 0.155. The monoisotopic (exact) mass is 416 g/mol. The van der Waals surface area contributed by atoms with Crippen molar-refractivity contribution in [3.8, 4) is 0 Å². The first-order valence-electron chi connectivity index (χ1n) is 12.3. The van der Waals surface area contributed by atoms with Crippen molar-refractivity contribution in [1.29, 1.82) is 0 Å². The fourth-order valence-electron chi connectivity index (χ4n) is 6.69. The van der Waals surface area contributed by atoms with E-state index < -0.39 is 5.60 Å². The molecule has 3 aliphatic carbocycles. The highest BCUT2D eigenvalue weighted by molar-refractivity contribution is 5.36. The Morgan fingerprint density at radius 1 is 1.23 bits per heavy atom. The number of aliphatic hydroxyl groups excluding tert-OH is 2. The Hall–Kier alpha value is -0.900. The molecule has 3 saturated carbocycles. The molecule has 0 spiro atoms. The highest BCUT2D eigenvalue weighted by Crippen LogP contribution is 2.60. The van der Waals surface area contributed by atoms with Crippen LogP contribution in [0.1, 0.15) is 91.4 Å². The molecule has 6 atom stereocenters. The normalized spacial score (nSPS) is 37.9. The van der Waals surface area contributed by atoms with Gasteiger partial charge in [-0.3, -0.25) is 0 Å². The van der Waals surface area contributed by atoms with Crippen molar-refractivity contribution in [1.82, 2.24) is 0 Å². The van der Waals surface area contributed by atoms with Gasteiger partial charge < -0.3 is 15.3 Å². The van der Waals surface area contributed by atoms with Crippen molar-refractivity contribution in [2.24, 2.45) is 23.2 Å². The molecule has 0 aromatic heterocycles. The summed E-state index contributed by atoms with van der Waals surface area (Å²) >= 11 is 0. The van der Waals surface area contributed by atoms with Gasteiger partial charge in [0.1, 0.15) is 0 Å². The molecular formula is C27H44O3. The van der Waals surface area contributed by atoms with Gasteiger partial charge in [-0.05, 0) is 93.5 Å². The Labute approximate surface area is 184 Å². The van der Waals surface area contributed by atoms with Crippen LogP contribution in [0, 0.1) is 23.2 Å². The second kappa shape index (κ2) is 9.71. The molecule has 30 heavy (non-hydrogen) atoms. The smallest absolute Gasteiger partial charge is 0.0849 e. The summed E-state index contributed by atoms with van der Waals surface area (Å²) in [4.78, 5) is 0. The van der Waals surface area contributed by atoms with E-state index in [0.717, 1.165) is 38.0 Å². The van der Waals surface area contributed by atoms with Gasteiger partial charge in [0, 0.05) is 0 Å². The molecule has 0 saturated heterocycles. The Bertz CT molecular complexity index is 674. The highest BCUT2D eigenvalue weighted by atomic mass is 16.3. The topological polar surface area (TPSA) is 60.7 Å². The molecule has 3 fully saturated rings. The number of aliphatic hydroxyl groups is 3. The summed E-state index contributed by atoms with van der Waals surface area (Å²) in [6, 6.07) is 0. The maximum absolute atomic E-state index is 10.1. The fourth-order valence-corrected chi connectivity index (χ4v) is 6.69. The molecule has 1 unspecified atom stereocenters. The quantitative estimate of drug-likeness (QED) is 0.498. The zero-order valence-corrected chi connectivity index (χ0v) is 19.5. The summed E-state index contributed by atoms with van der Waals surface area (Å²) in [7, 11) is 0. The predicted molar refractivity (Wildman–Crippen MR) is 124 cm³/mol. The van der Waals surface area contributed by atoms with Gasteiger partial charge in [-0.15, -0.1) is 0 Å². The first kappa shape index (κ1) is 23.8. The fraction of sp³-hybridized carbons (Fsp3) is 0.778. The predicted octanol–water partition coefficient (Wildman–Crippen LogP) is 5.71. The summed E-state index contributed by atoms with van der Waals surface area (Å²) in [5, 5.41) is 29.4. The van der Waals surface area contributed by atoms with Gasteiger partial charge in [0.15, 0.2) is 0 Å². The van der Waals surface area contributed by atoms with Crippen LogP contribution >= 0.6 is 0 Å². The first-order chi connectivity index (χ1) is 14.2. The van der Waals surface area contributed by atoms with Crippen LogP contribution in [0.4, 0.5) is 0 Å². The largest absolute Gasteiger partial charge is 0.393 e. The Morgan fingerprint density at radius 3 is 2.73 bits per heavy atom. The Kier molecular flexibility index (Phi) is 7.69. The Balaban J connectivity index is 1.66. The van der Waals surface area contributed by atoms with E-state index in [2.05, 4.69) is 32.6 Å². The molecule has 0 radical (unpaired) electrons. The molecule has 0 amide bonds. The molecule has 0 aromatic carbocycles. The average Bonchev–Trinajstić information content (AvgIpc) is 3.06. The van der Waals surface area contributed by atoms with Crippen LogP contribution in [0.25, 0.3) is 0 Å². The van der Waals surface area contributed by atoms with Gasteiger partial charge >= 0.3 is 0 Å². The van der Waals surface area contributed by atoms with Gasteiger partial charge in [-0.1, -0.05) is 56.6 Å². The van der Waals surface area contributed by atoms with E-state index >= 15 is 0 Å². The SMILES string of the molecule is C=C1CC[C@H](O)C/C1=C/C=C1CCC[C@@]2(C)C1CC[C@@H]2[C@H](C)CCC[C@](C)(O)CO. The summed E-state index contributed by atoms with van der Waals surface area (Å²) in [5.41, 5.74) is 3.50. The maximum Gasteiger partial charge on any atom is 0.0849 e. The number of hydrogen-bond donors (Lipinski definition) is 3. The summed E-state index contributed by atoms with van der Waals surface area (Å²) in [6.45, 7) is 10.7. The van der Waals surface area contributed by atoms with Gasteiger partial charge in [-0.2, -0.15) is 0 Å². The van der Waals surface area contributed by atoms with E-state index in [4.69, 9.17) is 0 Å². The van der Waals surface area contributed by atoms with Crippen molar-refractivity contribution >= 4 is 0 Å². The third-order valence-electron chi connectivity index (χ3n) is 8.63. The lowest BCUT2D eigenvalue weighted by molar-refractivity contribution is -0.00891. The molecule has 3 rings (SSSR count). The molecule has 3 aliphatic rings. The van der Waals surface area contributed by atoms with Crippen LogP contribution in [-0.4, -0.2) is 33.6 Å². The molecule has 3 N–H and O–H groups in total. The van der Waals surface area contributed by atoms with E-state index in [0.29, 0.717) is 23.7 Å². The van der Waals surface area contributed by atoms with Gasteiger partial charge in [-0.25, -0.2) is 0 Å². The van der Waals surface area contributed by atoms with Crippen LogP contribution < -0.4 is 0 Å². The Morgan fingerprint density at radius 2 is 2.00 bits per heavy atom. The van der Waals surface area contributed by atoms with Gasteiger partial charge in [0.25, 0.3) is 0 Å². The summed E-state index contributed by atoms with van der Waals surface area (Å²) < 4.78 is 0. The molecular weight excluding hydrogens is 372 g/mol. The van der Waals surface area contributed by atoms with Crippen molar-refractivity contribution in [3.63, 3.8) is 0 Å². The second-order valence-corrected chi connectivity index (χ2v) is 11.1. The van der Waals surface area contributed by atoms with Crippen LogP contribution in [0.2, 0.25) is 0 Å². The van der Waals surface area contributed by atoms with E-state index in [1.807, 2.05) is 0 Å². The molecule has 0 aliphatic heterocycles. The average molecular weight is 417 g/mol. The zero-order valence-electron chi connectivity index (χ0n) is 19.5. The first-order valence-corrected chi connectivity index (χ1v) is 12.3. The zero-order chi connectivity index (χ0) is 21.9. The van der Waals surface area contributed by atoms with E-state index in [1.165, 1.54) is 43.3 Å². The maximum atomic E-state index is 10.1.